The van der Waals surface area contributed by atoms with Crippen LogP contribution in [-0.4, -0.2) is 36.6 Å². The SMILES string of the molecule is CC(C)(C)C(=O)OCOP(=O)(OCOC(=O)C(C)(C)C)C(F)(F)c1ccc2sc(C(=O)O)cc2c1. The number of rotatable bonds is 9. The van der Waals surface area contributed by atoms with Crippen molar-refractivity contribution in [2.45, 2.75) is 47.2 Å². The third kappa shape index (κ3) is 6.84. The van der Waals surface area contributed by atoms with E-state index in [2.05, 4.69) is 0 Å². The first-order valence-electron chi connectivity index (χ1n) is 10.3. The molecule has 2 aromatic rings. The molecule has 0 saturated heterocycles. The maximum atomic E-state index is 15.5. The van der Waals surface area contributed by atoms with Crippen LogP contribution in [0.25, 0.3) is 10.1 Å². The van der Waals surface area contributed by atoms with E-state index in [0.717, 1.165) is 23.5 Å². The van der Waals surface area contributed by atoms with Crippen molar-refractivity contribution in [3.63, 3.8) is 0 Å². The van der Waals surface area contributed by atoms with Crippen molar-refractivity contribution in [3.8, 4) is 0 Å². The molecule has 1 aromatic heterocycles. The van der Waals surface area contributed by atoms with Gasteiger partial charge in [-0.05, 0) is 65.1 Å². The number of hydrogen-bond acceptors (Lipinski definition) is 9. The second kappa shape index (κ2) is 10.3. The van der Waals surface area contributed by atoms with E-state index in [0.29, 0.717) is 4.70 Å². The molecular weight excluding hydrogens is 509 g/mol. The summed E-state index contributed by atoms with van der Waals surface area (Å²) in [4.78, 5) is 35.0. The van der Waals surface area contributed by atoms with Crippen LogP contribution in [0, 0.1) is 10.8 Å². The Hall–Kier alpha value is -2.40. The molecule has 0 aliphatic heterocycles. The lowest BCUT2D eigenvalue weighted by Gasteiger charge is -2.27. The third-order valence-electron chi connectivity index (χ3n) is 4.47. The first-order valence-corrected chi connectivity index (χ1v) is 12.6. The molecule has 1 aromatic carbocycles. The van der Waals surface area contributed by atoms with Crippen LogP contribution >= 0.6 is 18.9 Å². The highest BCUT2D eigenvalue weighted by Crippen LogP contribution is 2.67. The second-order valence-electron chi connectivity index (χ2n) is 9.56. The molecule has 0 radical (unpaired) electrons. The first-order chi connectivity index (χ1) is 15.9. The number of fused-ring (bicyclic) bond motifs is 1. The van der Waals surface area contributed by atoms with Gasteiger partial charge in [-0.15, -0.1) is 11.3 Å². The largest absolute Gasteiger partial charge is 0.477 e. The molecule has 0 saturated carbocycles. The number of carbonyl (C=O) groups is 3. The van der Waals surface area contributed by atoms with Crippen LogP contribution in [0.3, 0.4) is 0 Å². The number of carboxylic acids is 1. The zero-order valence-electron chi connectivity index (χ0n) is 20.0. The third-order valence-corrected chi connectivity index (χ3v) is 7.41. The molecule has 1 heterocycles. The number of ether oxygens (including phenoxy) is 2. The summed E-state index contributed by atoms with van der Waals surface area (Å²) >= 11 is 0.880. The van der Waals surface area contributed by atoms with Gasteiger partial charge in [0.1, 0.15) is 4.88 Å². The molecular formula is C22H27F2O9PS. The van der Waals surface area contributed by atoms with Crippen molar-refractivity contribution >= 4 is 46.9 Å². The minimum atomic E-state index is -5.45. The Labute approximate surface area is 204 Å². The highest BCUT2D eigenvalue weighted by molar-refractivity contribution is 7.54. The maximum Gasteiger partial charge on any atom is 0.410 e. The van der Waals surface area contributed by atoms with Crippen molar-refractivity contribution in [1.29, 1.82) is 0 Å². The predicted molar refractivity (Wildman–Crippen MR) is 123 cm³/mol. The fourth-order valence-corrected chi connectivity index (χ4v) is 4.54. The van der Waals surface area contributed by atoms with Crippen molar-refractivity contribution < 1.29 is 51.4 Å². The standard InChI is InChI=1S/C22H27F2O9PS/c1-20(2,3)18(27)30-11-32-34(29,33-12-31-19(28)21(4,5)6)22(23,24)14-7-8-15-13(9-14)10-16(35-15)17(25)26/h7-10H,11-12H2,1-6H3,(H,25,26). The van der Waals surface area contributed by atoms with Gasteiger partial charge in [-0.1, -0.05) is 6.07 Å². The van der Waals surface area contributed by atoms with Gasteiger partial charge in [0.25, 0.3) is 0 Å². The quantitative estimate of drug-likeness (QED) is 0.234. The Balaban J connectivity index is 2.35. The molecule has 0 aliphatic rings. The summed E-state index contributed by atoms with van der Waals surface area (Å²) in [6, 6.07) is 4.36. The van der Waals surface area contributed by atoms with E-state index in [4.69, 9.17) is 23.6 Å². The van der Waals surface area contributed by atoms with Crippen LogP contribution in [-0.2, 0) is 38.3 Å². The number of benzene rings is 1. The molecule has 0 atom stereocenters. The fraction of sp³-hybridized carbons (Fsp3) is 0.500. The molecule has 0 unspecified atom stereocenters. The number of halogens is 2. The normalized spacial score (nSPS) is 13.0. The lowest BCUT2D eigenvalue weighted by Crippen LogP contribution is -2.27. The molecule has 0 aliphatic carbocycles. The Morgan fingerprint density at radius 3 is 1.83 bits per heavy atom. The summed E-state index contributed by atoms with van der Waals surface area (Å²) in [5.41, 5.74) is -7.04. The fourth-order valence-electron chi connectivity index (χ4n) is 2.42. The number of alkyl halides is 2. The average Bonchev–Trinajstić information content (AvgIpc) is 3.16. The molecule has 0 amide bonds. The number of aromatic carboxylic acids is 1. The zero-order valence-corrected chi connectivity index (χ0v) is 21.8. The van der Waals surface area contributed by atoms with Crippen molar-refractivity contribution in [1.82, 2.24) is 0 Å². The van der Waals surface area contributed by atoms with Gasteiger partial charge < -0.3 is 14.6 Å². The Morgan fingerprint density at radius 2 is 1.40 bits per heavy atom. The van der Waals surface area contributed by atoms with E-state index >= 15 is 8.78 Å². The van der Waals surface area contributed by atoms with Crippen LogP contribution in [0.2, 0.25) is 0 Å². The number of hydrogen-bond donors (Lipinski definition) is 1. The lowest BCUT2D eigenvalue weighted by atomic mass is 9.98. The van der Waals surface area contributed by atoms with E-state index < -0.39 is 61.1 Å². The van der Waals surface area contributed by atoms with Gasteiger partial charge in [0.05, 0.1) is 10.8 Å². The maximum absolute atomic E-state index is 15.5. The number of thiophene rings is 1. The van der Waals surface area contributed by atoms with E-state index in [9.17, 15) is 18.9 Å². The summed E-state index contributed by atoms with van der Waals surface area (Å²) < 4.78 is 63.9. The van der Waals surface area contributed by atoms with Gasteiger partial charge in [0, 0.05) is 10.3 Å². The number of carbonyl (C=O) groups excluding carboxylic acids is 2. The van der Waals surface area contributed by atoms with Crippen molar-refractivity contribution in [2.24, 2.45) is 10.8 Å². The predicted octanol–water partition coefficient (Wildman–Crippen LogP) is 5.97. The molecule has 194 valence electrons. The minimum Gasteiger partial charge on any atom is -0.477 e. The highest BCUT2D eigenvalue weighted by Gasteiger charge is 2.56. The summed E-state index contributed by atoms with van der Waals surface area (Å²) in [5, 5.41) is 9.31. The van der Waals surface area contributed by atoms with Crippen LogP contribution in [0.15, 0.2) is 24.3 Å². The topological polar surface area (TPSA) is 125 Å². The molecule has 9 nitrogen and oxygen atoms in total. The molecule has 35 heavy (non-hydrogen) atoms. The first kappa shape index (κ1) is 28.8. The van der Waals surface area contributed by atoms with Gasteiger partial charge in [-0.25, -0.2) is 4.79 Å². The van der Waals surface area contributed by atoms with E-state index in [1.54, 1.807) is 0 Å². The summed E-state index contributed by atoms with van der Waals surface area (Å²) in [6.45, 7) is 6.91. The van der Waals surface area contributed by atoms with Gasteiger partial charge in [0.15, 0.2) is 0 Å². The molecule has 2 rings (SSSR count). The average molecular weight is 536 g/mol. The smallest absolute Gasteiger partial charge is 0.410 e. The Kier molecular flexibility index (Phi) is 8.48. The summed E-state index contributed by atoms with van der Waals surface area (Å²) in [7, 11) is -5.45. The van der Waals surface area contributed by atoms with Crippen LogP contribution in [0.4, 0.5) is 8.78 Å². The lowest BCUT2D eigenvalue weighted by molar-refractivity contribution is -0.163. The number of carboxylic acid groups (broad SMARTS) is 1. The molecule has 13 heteroatoms. The summed E-state index contributed by atoms with van der Waals surface area (Å²) in [5.74, 6) is -2.82. The van der Waals surface area contributed by atoms with Crippen LogP contribution in [0.1, 0.15) is 56.8 Å². The second-order valence-corrected chi connectivity index (χ2v) is 12.7. The van der Waals surface area contributed by atoms with Crippen molar-refractivity contribution in [3.05, 3.63) is 34.7 Å². The van der Waals surface area contributed by atoms with Crippen molar-refractivity contribution in [2.75, 3.05) is 13.6 Å². The zero-order chi connectivity index (χ0) is 26.8. The van der Waals surface area contributed by atoms with Gasteiger partial charge in [0.2, 0.25) is 13.6 Å². The molecule has 0 fully saturated rings. The number of esters is 2. The monoisotopic (exact) mass is 536 g/mol. The summed E-state index contributed by atoms with van der Waals surface area (Å²) in [6.07, 6.45) is 0. The van der Waals surface area contributed by atoms with E-state index in [1.165, 1.54) is 53.7 Å². The molecule has 1 N–H and O–H groups in total. The highest BCUT2D eigenvalue weighted by atomic mass is 32.1. The van der Waals surface area contributed by atoms with Crippen LogP contribution in [0.5, 0.6) is 0 Å². The Morgan fingerprint density at radius 1 is 0.914 bits per heavy atom. The Bertz CT molecular complexity index is 1130. The van der Waals surface area contributed by atoms with Crippen LogP contribution < -0.4 is 0 Å². The van der Waals surface area contributed by atoms with E-state index in [-0.39, 0.29) is 10.3 Å². The van der Waals surface area contributed by atoms with Gasteiger partial charge in [-0.3, -0.25) is 23.2 Å². The van der Waals surface area contributed by atoms with E-state index in [1.807, 2.05) is 0 Å². The molecule has 0 bridgehead atoms. The van der Waals surface area contributed by atoms with Gasteiger partial charge in [-0.2, -0.15) is 8.78 Å². The molecule has 0 spiro atoms. The minimum absolute atomic E-state index is 0.0701. The van der Waals surface area contributed by atoms with Gasteiger partial charge >= 0.3 is 31.2 Å².